The van der Waals surface area contributed by atoms with Gasteiger partial charge in [-0.1, -0.05) is 48.4 Å². The lowest BCUT2D eigenvalue weighted by Gasteiger charge is -2.14. The predicted molar refractivity (Wildman–Crippen MR) is 97.9 cm³/mol. The van der Waals surface area contributed by atoms with Crippen molar-refractivity contribution < 1.29 is 4.79 Å². The minimum absolute atomic E-state index is 0.0931. The molecule has 2 heteroatoms. The summed E-state index contributed by atoms with van der Waals surface area (Å²) in [6.07, 6.45) is 1.48. The molecule has 0 aliphatic rings. The number of aryl methyl sites for hydroxylation is 4. The van der Waals surface area contributed by atoms with Gasteiger partial charge in [-0.25, -0.2) is 0 Å². The maximum Gasteiger partial charge on any atom is 0.224 e. The lowest BCUT2D eigenvalue weighted by molar-refractivity contribution is -0.116. The number of rotatable bonds is 5. The average Bonchev–Trinajstić information content (AvgIpc) is 2.41. The number of carbonyl (C=O) groups excluding carboxylic acids is 1. The van der Waals surface area contributed by atoms with Gasteiger partial charge in [0.1, 0.15) is 0 Å². The summed E-state index contributed by atoms with van der Waals surface area (Å²) in [5.74, 6) is 0.414. The number of hydrogen-bond acceptors (Lipinski definition) is 1. The van der Waals surface area contributed by atoms with Gasteiger partial charge in [0.05, 0.1) is 0 Å². The first-order chi connectivity index (χ1) is 10.8. The smallest absolute Gasteiger partial charge is 0.224 e. The van der Waals surface area contributed by atoms with Gasteiger partial charge >= 0.3 is 0 Å². The SMILES string of the molecule is Cc1cc(C)cc(C[C@H](C)CC(=O)Nc2cc(C)ccc2C)c1. The Kier molecular flexibility index (Phi) is 5.59. The Bertz CT molecular complexity index is 683. The highest BCUT2D eigenvalue weighted by Gasteiger charge is 2.12. The Hall–Kier alpha value is -2.09. The molecular weight excluding hydrogens is 282 g/mol. The first-order valence-corrected chi connectivity index (χ1v) is 8.28. The standard InChI is InChI=1S/C21H27NO/c1-14-6-7-18(5)20(12-14)22-21(23)13-17(4)11-19-9-15(2)8-16(3)10-19/h6-10,12,17H,11,13H2,1-5H3,(H,22,23)/t17-/m0/s1. The van der Waals surface area contributed by atoms with Crippen LogP contribution in [0.5, 0.6) is 0 Å². The highest BCUT2D eigenvalue weighted by atomic mass is 16.1. The molecule has 0 spiro atoms. The van der Waals surface area contributed by atoms with E-state index < -0.39 is 0 Å². The number of nitrogens with one attached hydrogen (secondary N) is 1. The average molecular weight is 309 g/mol. The zero-order valence-electron chi connectivity index (χ0n) is 14.9. The van der Waals surface area contributed by atoms with Gasteiger partial charge in [0.25, 0.3) is 0 Å². The summed E-state index contributed by atoms with van der Waals surface area (Å²) in [6, 6.07) is 12.7. The molecule has 0 unspecified atom stereocenters. The molecule has 23 heavy (non-hydrogen) atoms. The summed E-state index contributed by atoms with van der Waals surface area (Å²) in [4.78, 5) is 12.3. The topological polar surface area (TPSA) is 29.1 Å². The van der Waals surface area contributed by atoms with Crippen molar-refractivity contribution in [1.82, 2.24) is 0 Å². The minimum atomic E-state index is 0.0931. The summed E-state index contributed by atoms with van der Waals surface area (Å²) in [5.41, 5.74) is 7.07. The highest BCUT2D eigenvalue weighted by molar-refractivity contribution is 5.91. The van der Waals surface area contributed by atoms with Crippen molar-refractivity contribution >= 4 is 11.6 Å². The van der Waals surface area contributed by atoms with Gasteiger partial charge < -0.3 is 5.32 Å². The van der Waals surface area contributed by atoms with Crippen LogP contribution in [0.25, 0.3) is 0 Å². The summed E-state index contributed by atoms with van der Waals surface area (Å²) in [6.45, 7) is 10.4. The molecule has 0 aliphatic heterocycles. The van der Waals surface area contributed by atoms with Crippen molar-refractivity contribution in [2.75, 3.05) is 5.32 Å². The van der Waals surface area contributed by atoms with Crippen LogP contribution >= 0.6 is 0 Å². The molecule has 2 nitrogen and oxygen atoms in total. The Morgan fingerprint density at radius 1 is 0.957 bits per heavy atom. The Balaban J connectivity index is 1.95. The molecule has 0 aliphatic carbocycles. The van der Waals surface area contributed by atoms with E-state index in [0.717, 1.165) is 23.2 Å². The minimum Gasteiger partial charge on any atom is -0.326 e. The fourth-order valence-corrected chi connectivity index (χ4v) is 3.05. The second-order valence-electron chi connectivity index (χ2n) is 6.88. The molecule has 0 saturated carbocycles. The zero-order chi connectivity index (χ0) is 17.0. The van der Waals surface area contributed by atoms with Crippen molar-refractivity contribution in [3.8, 4) is 0 Å². The number of amides is 1. The second kappa shape index (κ2) is 7.45. The van der Waals surface area contributed by atoms with Gasteiger partial charge in [0, 0.05) is 12.1 Å². The van der Waals surface area contributed by atoms with Crippen LogP contribution in [0.1, 0.15) is 41.2 Å². The van der Waals surface area contributed by atoms with Crippen LogP contribution in [0, 0.1) is 33.6 Å². The molecule has 1 atom stereocenters. The Labute approximate surface area is 139 Å². The summed E-state index contributed by atoms with van der Waals surface area (Å²) >= 11 is 0. The highest BCUT2D eigenvalue weighted by Crippen LogP contribution is 2.19. The van der Waals surface area contributed by atoms with Gasteiger partial charge in [0.15, 0.2) is 0 Å². The summed E-state index contributed by atoms with van der Waals surface area (Å²) < 4.78 is 0. The van der Waals surface area contributed by atoms with Crippen LogP contribution in [-0.4, -0.2) is 5.91 Å². The molecule has 0 heterocycles. The monoisotopic (exact) mass is 309 g/mol. The van der Waals surface area contributed by atoms with E-state index in [1.165, 1.54) is 16.7 Å². The van der Waals surface area contributed by atoms with Gasteiger partial charge in [-0.15, -0.1) is 0 Å². The molecule has 0 bridgehead atoms. The maximum absolute atomic E-state index is 12.3. The number of carbonyl (C=O) groups is 1. The third kappa shape index (κ3) is 5.24. The lowest BCUT2D eigenvalue weighted by atomic mass is 9.95. The van der Waals surface area contributed by atoms with Crippen LogP contribution in [0.2, 0.25) is 0 Å². The largest absolute Gasteiger partial charge is 0.326 e. The van der Waals surface area contributed by atoms with Crippen molar-refractivity contribution in [2.24, 2.45) is 5.92 Å². The summed E-state index contributed by atoms with van der Waals surface area (Å²) in [5, 5.41) is 3.05. The molecule has 0 saturated heterocycles. The van der Waals surface area contributed by atoms with E-state index in [4.69, 9.17) is 0 Å². The predicted octanol–water partition coefficient (Wildman–Crippen LogP) is 5.13. The molecule has 0 fully saturated rings. The normalized spacial score (nSPS) is 12.0. The van der Waals surface area contributed by atoms with Gasteiger partial charge in [-0.3, -0.25) is 4.79 Å². The molecule has 2 rings (SSSR count). The third-order valence-corrected chi connectivity index (χ3v) is 4.07. The molecule has 1 amide bonds. The molecule has 0 aromatic heterocycles. The van der Waals surface area contributed by atoms with E-state index in [0.29, 0.717) is 12.3 Å². The molecule has 1 N–H and O–H groups in total. The molecular formula is C21H27NO. The Morgan fingerprint density at radius 3 is 2.26 bits per heavy atom. The molecule has 2 aromatic carbocycles. The van der Waals surface area contributed by atoms with Crippen LogP contribution in [0.3, 0.4) is 0 Å². The van der Waals surface area contributed by atoms with Crippen molar-refractivity contribution in [3.63, 3.8) is 0 Å². The van der Waals surface area contributed by atoms with Crippen LogP contribution in [0.4, 0.5) is 5.69 Å². The van der Waals surface area contributed by atoms with E-state index in [1.54, 1.807) is 0 Å². The quantitative estimate of drug-likeness (QED) is 0.815. The molecule has 2 aromatic rings. The van der Waals surface area contributed by atoms with Crippen LogP contribution < -0.4 is 5.32 Å². The van der Waals surface area contributed by atoms with E-state index in [-0.39, 0.29) is 5.91 Å². The molecule has 122 valence electrons. The first kappa shape index (κ1) is 17.3. The zero-order valence-corrected chi connectivity index (χ0v) is 14.9. The first-order valence-electron chi connectivity index (χ1n) is 8.28. The number of anilines is 1. The number of benzene rings is 2. The summed E-state index contributed by atoms with van der Waals surface area (Å²) in [7, 11) is 0. The van der Waals surface area contributed by atoms with Crippen molar-refractivity contribution in [1.29, 1.82) is 0 Å². The van der Waals surface area contributed by atoms with Crippen LogP contribution in [0.15, 0.2) is 36.4 Å². The third-order valence-electron chi connectivity index (χ3n) is 4.07. The van der Waals surface area contributed by atoms with Gasteiger partial charge in [-0.2, -0.15) is 0 Å². The Morgan fingerprint density at radius 2 is 1.61 bits per heavy atom. The molecule has 0 radical (unpaired) electrons. The fraction of sp³-hybridized carbons (Fsp3) is 0.381. The van der Waals surface area contributed by atoms with E-state index in [2.05, 4.69) is 50.4 Å². The lowest BCUT2D eigenvalue weighted by Crippen LogP contribution is -2.17. The second-order valence-corrected chi connectivity index (χ2v) is 6.88. The van der Waals surface area contributed by atoms with Crippen LogP contribution in [-0.2, 0) is 11.2 Å². The van der Waals surface area contributed by atoms with E-state index in [9.17, 15) is 4.79 Å². The van der Waals surface area contributed by atoms with E-state index in [1.807, 2.05) is 26.0 Å². The fourth-order valence-electron chi connectivity index (χ4n) is 3.05. The maximum atomic E-state index is 12.3. The van der Waals surface area contributed by atoms with Gasteiger partial charge in [0.2, 0.25) is 5.91 Å². The van der Waals surface area contributed by atoms with Crippen molar-refractivity contribution in [2.45, 2.75) is 47.5 Å². The van der Waals surface area contributed by atoms with Crippen molar-refractivity contribution in [3.05, 3.63) is 64.2 Å². The van der Waals surface area contributed by atoms with E-state index >= 15 is 0 Å². The number of hydrogen-bond donors (Lipinski definition) is 1. The van der Waals surface area contributed by atoms with Gasteiger partial charge in [-0.05, 0) is 62.8 Å².